The van der Waals surface area contributed by atoms with Crippen molar-refractivity contribution in [2.75, 3.05) is 17.2 Å². The molecule has 1 aromatic heterocycles. The fraction of sp³-hybridized carbons (Fsp3) is 0.400. The summed E-state index contributed by atoms with van der Waals surface area (Å²) in [6, 6.07) is 5.27. The van der Waals surface area contributed by atoms with Crippen LogP contribution < -0.4 is 10.6 Å². The Bertz CT molecular complexity index is 301. The number of carbonyl (C=O) groups is 1. The summed E-state index contributed by atoms with van der Waals surface area (Å²) < 4.78 is 0. The molecule has 0 saturated heterocycles. The molecule has 1 amide bonds. The van der Waals surface area contributed by atoms with Crippen molar-refractivity contribution in [3.8, 4) is 0 Å². The Morgan fingerprint density at radius 2 is 2.36 bits per heavy atom. The van der Waals surface area contributed by atoms with E-state index >= 15 is 0 Å². The Kier molecular flexibility index (Phi) is 3.91. The highest BCUT2D eigenvalue weighted by atomic mass is 16.1. The molecular weight excluding hydrogens is 178 g/mol. The highest BCUT2D eigenvalue weighted by Crippen LogP contribution is 2.11. The van der Waals surface area contributed by atoms with Gasteiger partial charge in [-0.1, -0.05) is 19.4 Å². The van der Waals surface area contributed by atoms with Gasteiger partial charge in [0.25, 0.3) is 0 Å². The number of carbonyl (C=O) groups excluding carboxylic acids is 1. The van der Waals surface area contributed by atoms with E-state index in [1.54, 1.807) is 23.1 Å². The topological polar surface area (TPSA) is 59.2 Å². The van der Waals surface area contributed by atoms with Crippen molar-refractivity contribution in [2.24, 2.45) is 0 Å². The molecule has 0 unspecified atom stereocenters. The Balaban J connectivity index is 2.73. The maximum Gasteiger partial charge on any atom is 0.215 e. The largest absolute Gasteiger partial charge is 0.384 e. The second-order valence-corrected chi connectivity index (χ2v) is 3.07. The molecule has 14 heavy (non-hydrogen) atoms. The minimum atomic E-state index is 0.436. The first-order chi connectivity index (χ1) is 6.77. The Morgan fingerprint density at radius 3 is 2.93 bits per heavy atom. The molecule has 1 rings (SSSR count). The van der Waals surface area contributed by atoms with E-state index in [1.807, 2.05) is 0 Å². The van der Waals surface area contributed by atoms with Crippen molar-refractivity contribution >= 4 is 18.0 Å². The van der Waals surface area contributed by atoms with Gasteiger partial charge in [-0.05, 0) is 18.6 Å². The molecule has 0 fully saturated rings. The van der Waals surface area contributed by atoms with Gasteiger partial charge in [0.1, 0.15) is 11.6 Å². The van der Waals surface area contributed by atoms with Crippen molar-refractivity contribution in [1.29, 1.82) is 0 Å². The Morgan fingerprint density at radius 1 is 1.57 bits per heavy atom. The first-order valence-electron chi connectivity index (χ1n) is 4.72. The van der Waals surface area contributed by atoms with E-state index in [2.05, 4.69) is 11.9 Å². The zero-order chi connectivity index (χ0) is 10.4. The van der Waals surface area contributed by atoms with Gasteiger partial charge in [-0.2, -0.15) is 0 Å². The Hall–Kier alpha value is -1.58. The van der Waals surface area contributed by atoms with Crippen molar-refractivity contribution in [1.82, 2.24) is 4.98 Å². The first kappa shape index (κ1) is 10.5. The summed E-state index contributed by atoms with van der Waals surface area (Å²) in [6.07, 6.45) is 2.80. The number of aromatic nitrogens is 1. The van der Waals surface area contributed by atoms with E-state index in [-0.39, 0.29) is 0 Å². The predicted octanol–water partition coefficient (Wildman–Crippen LogP) is 1.43. The minimum Gasteiger partial charge on any atom is -0.384 e. The van der Waals surface area contributed by atoms with E-state index < -0.39 is 0 Å². The highest BCUT2D eigenvalue weighted by molar-refractivity contribution is 5.73. The number of nitrogens with two attached hydrogens (primary N) is 1. The maximum atomic E-state index is 10.8. The third-order valence-corrected chi connectivity index (χ3v) is 1.93. The van der Waals surface area contributed by atoms with Crippen LogP contribution in [0.2, 0.25) is 0 Å². The summed E-state index contributed by atoms with van der Waals surface area (Å²) in [7, 11) is 0. The molecule has 2 N–H and O–H groups in total. The lowest BCUT2D eigenvalue weighted by atomic mass is 10.3. The van der Waals surface area contributed by atoms with Gasteiger partial charge in [0, 0.05) is 6.54 Å². The molecule has 1 aromatic rings. The smallest absolute Gasteiger partial charge is 0.215 e. The number of hydrogen-bond acceptors (Lipinski definition) is 3. The van der Waals surface area contributed by atoms with Gasteiger partial charge < -0.3 is 5.73 Å². The van der Waals surface area contributed by atoms with Gasteiger partial charge in [-0.15, -0.1) is 0 Å². The van der Waals surface area contributed by atoms with Crippen LogP contribution in [0.25, 0.3) is 0 Å². The molecule has 4 heteroatoms. The zero-order valence-corrected chi connectivity index (χ0v) is 8.31. The van der Waals surface area contributed by atoms with Crippen LogP contribution in [-0.2, 0) is 4.79 Å². The molecular formula is C10H15N3O. The van der Waals surface area contributed by atoms with Crippen molar-refractivity contribution in [2.45, 2.75) is 19.8 Å². The highest BCUT2D eigenvalue weighted by Gasteiger charge is 2.05. The molecule has 4 nitrogen and oxygen atoms in total. The van der Waals surface area contributed by atoms with E-state index in [1.165, 1.54) is 0 Å². The number of nitrogen functional groups attached to an aromatic ring is 1. The van der Waals surface area contributed by atoms with Crippen LogP contribution in [0.4, 0.5) is 11.6 Å². The van der Waals surface area contributed by atoms with E-state index in [0.717, 1.165) is 19.3 Å². The van der Waals surface area contributed by atoms with E-state index in [0.29, 0.717) is 18.2 Å². The quantitative estimate of drug-likeness (QED) is 0.719. The van der Waals surface area contributed by atoms with Crippen molar-refractivity contribution < 1.29 is 4.79 Å². The fourth-order valence-corrected chi connectivity index (χ4v) is 1.15. The van der Waals surface area contributed by atoms with Crippen molar-refractivity contribution in [3.63, 3.8) is 0 Å². The van der Waals surface area contributed by atoms with Crippen LogP contribution in [0.15, 0.2) is 18.2 Å². The number of amides is 1. The maximum absolute atomic E-state index is 10.8. The molecule has 76 valence electrons. The molecule has 0 saturated carbocycles. The normalized spacial score (nSPS) is 9.79. The van der Waals surface area contributed by atoms with E-state index in [4.69, 9.17) is 5.73 Å². The molecule has 0 aliphatic rings. The van der Waals surface area contributed by atoms with Crippen LogP contribution in [-0.4, -0.2) is 17.9 Å². The average molecular weight is 193 g/mol. The monoisotopic (exact) mass is 193 g/mol. The molecule has 0 radical (unpaired) electrons. The minimum absolute atomic E-state index is 0.436. The summed E-state index contributed by atoms with van der Waals surface area (Å²) in [5.41, 5.74) is 5.53. The number of nitrogens with zero attached hydrogens (tertiary/aromatic N) is 2. The van der Waals surface area contributed by atoms with Crippen LogP contribution in [0, 0.1) is 0 Å². The summed E-state index contributed by atoms with van der Waals surface area (Å²) in [5, 5.41) is 0. The fourth-order valence-electron chi connectivity index (χ4n) is 1.15. The zero-order valence-electron chi connectivity index (χ0n) is 8.31. The van der Waals surface area contributed by atoms with Gasteiger partial charge in [0.2, 0.25) is 6.41 Å². The molecule has 0 aliphatic carbocycles. The first-order valence-corrected chi connectivity index (χ1v) is 4.72. The predicted molar refractivity (Wildman–Crippen MR) is 57.0 cm³/mol. The number of hydrogen-bond donors (Lipinski definition) is 1. The van der Waals surface area contributed by atoms with Gasteiger partial charge >= 0.3 is 0 Å². The molecule has 0 atom stereocenters. The second kappa shape index (κ2) is 5.21. The SMILES string of the molecule is CCCCN(C=O)c1cccc(N)n1. The van der Waals surface area contributed by atoms with Crippen LogP contribution in [0.1, 0.15) is 19.8 Å². The number of anilines is 2. The van der Waals surface area contributed by atoms with Gasteiger partial charge in [-0.3, -0.25) is 9.69 Å². The van der Waals surface area contributed by atoms with Crippen LogP contribution in [0.3, 0.4) is 0 Å². The lowest BCUT2D eigenvalue weighted by Crippen LogP contribution is -2.23. The van der Waals surface area contributed by atoms with Crippen molar-refractivity contribution in [3.05, 3.63) is 18.2 Å². The van der Waals surface area contributed by atoms with Gasteiger partial charge in [0.15, 0.2) is 0 Å². The van der Waals surface area contributed by atoms with Gasteiger partial charge in [0.05, 0.1) is 0 Å². The number of unbranched alkanes of at least 4 members (excludes halogenated alkanes) is 1. The average Bonchev–Trinajstić information content (AvgIpc) is 2.19. The van der Waals surface area contributed by atoms with Crippen LogP contribution in [0.5, 0.6) is 0 Å². The summed E-state index contributed by atoms with van der Waals surface area (Å²) in [6.45, 7) is 2.77. The molecule has 0 aliphatic heterocycles. The number of rotatable bonds is 5. The Labute approximate surface area is 83.7 Å². The molecule has 0 spiro atoms. The summed E-state index contributed by atoms with van der Waals surface area (Å²) in [5.74, 6) is 1.05. The van der Waals surface area contributed by atoms with Gasteiger partial charge in [-0.25, -0.2) is 4.98 Å². The lowest BCUT2D eigenvalue weighted by Gasteiger charge is -2.15. The number of pyridine rings is 1. The molecule has 0 bridgehead atoms. The second-order valence-electron chi connectivity index (χ2n) is 3.07. The van der Waals surface area contributed by atoms with E-state index in [9.17, 15) is 4.79 Å². The lowest BCUT2D eigenvalue weighted by molar-refractivity contribution is -0.107. The molecule has 0 aromatic carbocycles. The molecule has 1 heterocycles. The van der Waals surface area contributed by atoms with Crippen LogP contribution >= 0.6 is 0 Å². The standard InChI is InChI=1S/C10H15N3O/c1-2-3-7-13(8-14)10-6-4-5-9(11)12-10/h4-6,8H,2-3,7H2,1H3,(H2,11,12). The third-order valence-electron chi connectivity index (χ3n) is 1.93. The summed E-state index contributed by atoms with van der Waals surface area (Å²) >= 11 is 0. The third kappa shape index (κ3) is 2.73. The summed E-state index contributed by atoms with van der Waals surface area (Å²) in [4.78, 5) is 16.4.